The Morgan fingerprint density at radius 2 is 0.333 bits per heavy atom. The summed E-state index contributed by atoms with van der Waals surface area (Å²) < 4.78 is 45.7. The van der Waals surface area contributed by atoms with Gasteiger partial charge in [-0.3, -0.25) is 0 Å². The second-order valence-corrected chi connectivity index (χ2v) is 23.7. The maximum atomic E-state index is 15.2. The molecule has 0 saturated heterocycles. The predicted octanol–water partition coefficient (Wildman–Crippen LogP) is 25.5. The van der Waals surface area contributed by atoms with Gasteiger partial charge in [0.25, 0.3) is 0 Å². The summed E-state index contributed by atoms with van der Waals surface area (Å²) in [4.78, 5) is 0. The van der Waals surface area contributed by atoms with E-state index in [0.29, 0.717) is 0 Å². The van der Waals surface area contributed by atoms with Gasteiger partial charge in [0.05, 0.1) is 0 Å². The van der Waals surface area contributed by atoms with Crippen molar-refractivity contribution in [2.45, 2.75) is 233 Å². The highest BCUT2D eigenvalue weighted by Crippen LogP contribution is 2.56. The Hall–Kier alpha value is -5.67. The van der Waals surface area contributed by atoms with E-state index in [0.717, 1.165) is 105 Å². The number of rotatable bonds is 39. The van der Waals surface area contributed by atoms with Crippen LogP contribution in [-0.4, -0.2) is 0 Å². The number of aryl methyl sites for hydroxylation is 3. The summed E-state index contributed by atoms with van der Waals surface area (Å²) in [7, 11) is 0. The van der Waals surface area contributed by atoms with Crippen molar-refractivity contribution in [3.8, 4) is 66.8 Å². The van der Waals surface area contributed by atoms with Crippen LogP contribution in [0.25, 0.3) is 66.8 Å². The van der Waals surface area contributed by atoms with Gasteiger partial charge in [-0.25, -0.2) is 13.2 Å². The normalized spacial score (nSPS) is 11.5. The van der Waals surface area contributed by atoms with Gasteiger partial charge >= 0.3 is 0 Å². The van der Waals surface area contributed by atoms with Crippen molar-refractivity contribution in [1.82, 2.24) is 0 Å². The first-order valence-electron chi connectivity index (χ1n) is 32.7. The fraction of sp³-hybridized carbons (Fsp3) is 0.462. The van der Waals surface area contributed by atoms with Crippen molar-refractivity contribution < 1.29 is 13.2 Å². The van der Waals surface area contributed by atoms with Crippen LogP contribution in [0.5, 0.6) is 0 Å². The van der Waals surface area contributed by atoms with Crippen LogP contribution < -0.4 is 0 Å². The third-order valence-electron chi connectivity index (χ3n) is 17.1. The van der Waals surface area contributed by atoms with E-state index in [-0.39, 0.29) is 17.5 Å². The lowest BCUT2D eigenvalue weighted by molar-refractivity contribution is 0.556. The van der Waals surface area contributed by atoms with Crippen LogP contribution in [0.15, 0.2) is 146 Å². The molecular formula is C78H99F3. The Morgan fingerprint density at radius 1 is 0.185 bits per heavy atom. The summed E-state index contributed by atoms with van der Waals surface area (Å²) in [5.41, 5.74) is 15.5. The van der Waals surface area contributed by atoms with E-state index in [4.69, 9.17) is 0 Å². The molecule has 0 unspecified atom stereocenters. The van der Waals surface area contributed by atoms with E-state index in [1.807, 2.05) is 36.4 Å². The van der Waals surface area contributed by atoms with E-state index in [1.165, 1.54) is 190 Å². The average molecular weight is 1090 g/mol. The number of unbranched alkanes of at least 4 members (excludes halogenated alkanes) is 27. The minimum Gasteiger partial charge on any atom is -0.207 e. The molecule has 7 aromatic carbocycles. The van der Waals surface area contributed by atoms with Crippen molar-refractivity contribution in [3.63, 3.8) is 0 Å². The zero-order valence-corrected chi connectivity index (χ0v) is 50.3. The molecular weight excluding hydrogens is 994 g/mol. The first kappa shape index (κ1) is 62.9. The molecule has 0 nitrogen and oxygen atoms in total. The molecule has 0 atom stereocenters. The van der Waals surface area contributed by atoms with Crippen LogP contribution in [0.1, 0.15) is 230 Å². The maximum absolute atomic E-state index is 15.2. The Kier molecular flexibility index (Phi) is 28.0. The standard InChI is InChI=1S/C78H99F3/c1-4-7-10-13-16-19-22-25-28-31-34-61-37-43-64(44-38-61)73-76(67-49-55-70(79)56-50-67)74(65-45-39-62(40-46-65)35-32-29-26-23-20-17-14-11-8-5-2)78(69-53-59-72(81)60-54-69)75(77(73)68-51-57-71(80)58-52-68)66-47-41-63(42-48-66)36-33-30-27-24-21-18-15-12-9-6-3/h37-60H,4-36H2,1-3H3. The SMILES string of the molecule is CCCCCCCCCCCCc1ccc(-c2c(-c3ccc(F)cc3)c(-c3ccc(CCCCCCCCCCCC)cc3)c(-c3ccc(F)cc3)c(-c3ccc(CCCCCCCCCCCC)cc3)c2-c2ccc(F)cc2)cc1. The van der Waals surface area contributed by atoms with Crippen LogP contribution in [0.3, 0.4) is 0 Å². The summed E-state index contributed by atoms with van der Waals surface area (Å²) >= 11 is 0. The molecule has 3 heteroatoms. The number of halogens is 3. The average Bonchev–Trinajstić information content (AvgIpc) is 3.68. The number of benzene rings is 7. The molecule has 7 aromatic rings. The summed E-state index contributed by atoms with van der Waals surface area (Å²) in [6.07, 6.45) is 42.1. The zero-order valence-electron chi connectivity index (χ0n) is 50.3. The Morgan fingerprint density at radius 3 is 0.506 bits per heavy atom. The van der Waals surface area contributed by atoms with Crippen LogP contribution in [-0.2, 0) is 19.3 Å². The monoisotopic (exact) mass is 1090 g/mol. The largest absolute Gasteiger partial charge is 0.207 e. The Balaban J connectivity index is 1.32. The topological polar surface area (TPSA) is 0 Å². The molecule has 0 spiro atoms. The van der Waals surface area contributed by atoms with Crippen molar-refractivity contribution in [3.05, 3.63) is 180 Å². The van der Waals surface area contributed by atoms with Crippen molar-refractivity contribution >= 4 is 0 Å². The highest BCUT2D eigenvalue weighted by atomic mass is 19.1. The van der Waals surface area contributed by atoms with Gasteiger partial charge < -0.3 is 0 Å². The van der Waals surface area contributed by atoms with Gasteiger partial charge in [-0.05, 0) is 158 Å². The maximum Gasteiger partial charge on any atom is 0.123 e. The van der Waals surface area contributed by atoms with Gasteiger partial charge in [-0.15, -0.1) is 0 Å². The molecule has 0 saturated carbocycles. The number of hydrogen-bond acceptors (Lipinski definition) is 0. The predicted molar refractivity (Wildman–Crippen MR) is 346 cm³/mol. The molecule has 81 heavy (non-hydrogen) atoms. The Bertz CT molecular complexity index is 2470. The lowest BCUT2D eigenvalue weighted by atomic mass is 9.74. The van der Waals surface area contributed by atoms with E-state index in [9.17, 15) is 0 Å². The van der Waals surface area contributed by atoms with Crippen LogP contribution in [0.4, 0.5) is 13.2 Å². The van der Waals surface area contributed by atoms with Crippen molar-refractivity contribution in [1.29, 1.82) is 0 Å². The molecule has 0 aliphatic rings. The smallest absolute Gasteiger partial charge is 0.123 e. The summed E-state index contributed by atoms with van der Waals surface area (Å²) in [5, 5.41) is 0. The molecule has 0 N–H and O–H groups in total. The van der Waals surface area contributed by atoms with E-state index in [1.54, 1.807) is 36.4 Å². The second-order valence-electron chi connectivity index (χ2n) is 23.7. The summed E-state index contributed by atoms with van der Waals surface area (Å²) in [5.74, 6) is -0.912. The summed E-state index contributed by atoms with van der Waals surface area (Å²) in [6.45, 7) is 6.84. The highest BCUT2D eigenvalue weighted by molar-refractivity contribution is 6.15. The number of hydrogen-bond donors (Lipinski definition) is 0. The molecule has 432 valence electrons. The zero-order chi connectivity index (χ0) is 56.7. The van der Waals surface area contributed by atoms with Gasteiger partial charge in [-0.1, -0.05) is 303 Å². The minimum atomic E-state index is -0.304. The van der Waals surface area contributed by atoms with Crippen LogP contribution in [0.2, 0.25) is 0 Å². The molecule has 0 fully saturated rings. The molecule has 0 bridgehead atoms. The first-order valence-corrected chi connectivity index (χ1v) is 32.7. The summed E-state index contributed by atoms with van der Waals surface area (Å²) in [6, 6.07) is 48.2. The third kappa shape index (κ3) is 20.3. The lowest BCUT2D eigenvalue weighted by Gasteiger charge is -2.29. The van der Waals surface area contributed by atoms with E-state index >= 15 is 13.2 Å². The molecule has 0 radical (unpaired) electrons. The van der Waals surface area contributed by atoms with E-state index < -0.39 is 0 Å². The van der Waals surface area contributed by atoms with Crippen LogP contribution >= 0.6 is 0 Å². The van der Waals surface area contributed by atoms with Gasteiger partial charge in [0.2, 0.25) is 0 Å². The Labute approximate surface area is 489 Å². The highest BCUT2D eigenvalue weighted by Gasteiger charge is 2.29. The minimum absolute atomic E-state index is 0.304. The van der Waals surface area contributed by atoms with Gasteiger partial charge in [0.15, 0.2) is 0 Å². The molecule has 0 heterocycles. The molecule has 0 aliphatic carbocycles. The molecule has 0 amide bonds. The first-order chi connectivity index (χ1) is 39.9. The fourth-order valence-electron chi connectivity index (χ4n) is 12.3. The lowest BCUT2D eigenvalue weighted by Crippen LogP contribution is -2.03. The van der Waals surface area contributed by atoms with Gasteiger partial charge in [0, 0.05) is 0 Å². The second kappa shape index (κ2) is 36.0. The van der Waals surface area contributed by atoms with Gasteiger partial charge in [-0.2, -0.15) is 0 Å². The van der Waals surface area contributed by atoms with E-state index in [2.05, 4.69) is 93.6 Å². The molecule has 7 rings (SSSR count). The van der Waals surface area contributed by atoms with Crippen molar-refractivity contribution in [2.24, 2.45) is 0 Å². The van der Waals surface area contributed by atoms with Gasteiger partial charge in [0.1, 0.15) is 17.5 Å². The van der Waals surface area contributed by atoms with Crippen LogP contribution in [0, 0.1) is 17.5 Å². The molecule has 0 aromatic heterocycles. The quantitative estimate of drug-likeness (QED) is 0.0337. The molecule has 0 aliphatic heterocycles. The third-order valence-corrected chi connectivity index (χ3v) is 17.1. The van der Waals surface area contributed by atoms with Crippen molar-refractivity contribution in [2.75, 3.05) is 0 Å². The fourth-order valence-corrected chi connectivity index (χ4v) is 12.3.